The summed E-state index contributed by atoms with van der Waals surface area (Å²) >= 11 is 0. The quantitative estimate of drug-likeness (QED) is 0.692. The summed E-state index contributed by atoms with van der Waals surface area (Å²) in [7, 11) is -1.85. The molecular weight excluding hydrogens is 426 g/mol. The van der Waals surface area contributed by atoms with Crippen LogP contribution in [0.25, 0.3) is 0 Å². The third kappa shape index (κ3) is 4.47. The van der Waals surface area contributed by atoms with Gasteiger partial charge >= 0.3 is 0 Å². The molecule has 7 nitrogen and oxygen atoms in total. The van der Waals surface area contributed by atoms with Crippen LogP contribution < -0.4 is 15.0 Å². The summed E-state index contributed by atoms with van der Waals surface area (Å²) in [6.45, 7) is 6.68. The Hall–Kier alpha value is -2.58. The normalized spacial score (nSPS) is 17.9. The summed E-state index contributed by atoms with van der Waals surface area (Å²) in [6.07, 6.45) is 1.82. The summed E-state index contributed by atoms with van der Waals surface area (Å²) in [4.78, 5) is 15.0. The lowest BCUT2D eigenvalue weighted by Gasteiger charge is -2.22. The molecule has 0 aromatic heterocycles. The first-order chi connectivity index (χ1) is 15.2. The molecule has 1 saturated heterocycles. The van der Waals surface area contributed by atoms with Crippen LogP contribution >= 0.6 is 0 Å². The van der Waals surface area contributed by atoms with Crippen molar-refractivity contribution in [1.82, 2.24) is 9.62 Å². The predicted octanol–water partition coefficient (Wildman–Crippen LogP) is 2.89. The zero-order valence-electron chi connectivity index (χ0n) is 18.9. The maximum absolute atomic E-state index is 13.0. The fraction of sp³-hybridized carbons (Fsp3) is 0.458. The van der Waals surface area contributed by atoms with E-state index in [4.69, 9.17) is 4.74 Å². The number of carbonyl (C=O) groups is 1. The minimum Gasteiger partial charge on any atom is -0.497 e. The SMILES string of the molecule is COc1ccc(CNC(=O)CN2CC(C)(C)c3cc(S(=O)(=O)N4CCCC4)ccc32)cc1. The third-order valence-electron chi connectivity index (χ3n) is 6.31. The third-order valence-corrected chi connectivity index (χ3v) is 8.20. The van der Waals surface area contributed by atoms with Crippen molar-refractivity contribution < 1.29 is 17.9 Å². The number of benzene rings is 2. The number of rotatable bonds is 7. The van der Waals surface area contributed by atoms with Crippen LogP contribution in [0, 0.1) is 0 Å². The molecule has 4 rings (SSSR count). The summed E-state index contributed by atoms with van der Waals surface area (Å²) < 4.78 is 32.7. The second-order valence-corrected chi connectivity index (χ2v) is 11.1. The Kier molecular flexibility index (Phi) is 6.18. The Morgan fingerprint density at radius 3 is 2.44 bits per heavy atom. The van der Waals surface area contributed by atoms with Crippen LogP contribution in [0.4, 0.5) is 5.69 Å². The smallest absolute Gasteiger partial charge is 0.243 e. The van der Waals surface area contributed by atoms with Gasteiger partial charge in [-0.2, -0.15) is 4.31 Å². The highest BCUT2D eigenvalue weighted by Crippen LogP contribution is 2.41. The Labute approximate surface area is 190 Å². The first kappa shape index (κ1) is 22.6. The van der Waals surface area contributed by atoms with Gasteiger partial charge in [0.15, 0.2) is 0 Å². The molecule has 0 aliphatic carbocycles. The van der Waals surface area contributed by atoms with Crippen LogP contribution in [0.3, 0.4) is 0 Å². The molecule has 1 amide bonds. The molecule has 0 atom stereocenters. The monoisotopic (exact) mass is 457 g/mol. The molecule has 0 unspecified atom stereocenters. The van der Waals surface area contributed by atoms with Crippen LogP contribution in [0.1, 0.15) is 37.8 Å². The molecule has 8 heteroatoms. The standard InChI is InChI=1S/C24H31N3O4S/c1-24(2)17-26(16-23(28)25-15-18-6-8-19(31-3)9-7-18)22-11-10-20(14-21(22)24)32(29,30)27-12-4-5-13-27/h6-11,14H,4-5,12-13,15-17H2,1-3H3,(H,25,28). The lowest BCUT2D eigenvalue weighted by atomic mass is 9.87. The summed E-state index contributed by atoms with van der Waals surface area (Å²) in [6, 6.07) is 12.9. The van der Waals surface area contributed by atoms with Crippen molar-refractivity contribution in [3.8, 4) is 5.75 Å². The average Bonchev–Trinajstić information content (AvgIpc) is 3.40. The largest absolute Gasteiger partial charge is 0.497 e. The number of hydrogen-bond acceptors (Lipinski definition) is 5. The number of nitrogens with zero attached hydrogens (tertiary/aromatic N) is 2. The maximum Gasteiger partial charge on any atom is 0.243 e. The average molecular weight is 458 g/mol. The van der Waals surface area contributed by atoms with Gasteiger partial charge in [0.1, 0.15) is 5.75 Å². The van der Waals surface area contributed by atoms with Gasteiger partial charge in [-0.05, 0) is 54.3 Å². The van der Waals surface area contributed by atoms with Crippen molar-refractivity contribution in [3.05, 3.63) is 53.6 Å². The molecule has 0 radical (unpaired) electrons. The molecular formula is C24H31N3O4S. The fourth-order valence-electron chi connectivity index (χ4n) is 4.53. The molecule has 2 aliphatic heterocycles. The van der Waals surface area contributed by atoms with E-state index in [0.717, 1.165) is 35.4 Å². The van der Waals surface area contributed by atoms with Crippen LogP contribution in [-0.4, -0.2) is 51.9 Å². The van der Waals surface area contributed by atoms with Crippen LogP contribution in [0.5, 0.6) is 5.75 Å². The number of hydrogen-bond donors (Lipinski definition) is 1. The van der Waals surface area contributed by atoms with E-state index in [1.165, 1.54) is 0 Å². The number of anilines is 1. The summed E-state index contributed by atoms with van der Waals surface area (Å²) in [5, 5.41) is 2.97. The number of sulfonamides is 1. The van der Waals surface area contributed by atoms with Gasteiger partial charge in [0.2, 0.25) is 15.9 Å². The van der Waals surface area contributed by atoms with E-state index < -0.39 is 10.0 Å². The number of ether oxygens (including phenoxy) is 1. The molecule has 1 N–H and O–H groups in total. The zero-order chi connectivity index (χ0) is 22.9. The Morgan fingerprint density at radius 2 is 1.78 bits per heavy atom. The molecule has 2 heterocycles. The molecule has 2 aromatic rings. The second-order valence-electron chi connectivity index (χ2n) is 9.15. The van der Waals surface area contributed by atoms with Crippen LogP contribution in [0.15, 0.2) is 47.4 Å². The van der Waals surface area contributed by atoms with Crippen molar-refractivity contribution in [2.75, 3.05) is 38.2 Å². The number of nitrogens with one attached hydrogen (secondary N) is 1. The van der Waals surface area contributed by atoms with Crippen LogP contribution in [0.2, 0.25) is 0 Å². The van der Waals surface area contributed by atoms with Gasteiger partial charge in [-0.3, -0.25) is 4.79 Å². The summed E-state index contributed by atoms with van der Waals surface area (Å²) in [5.41, 5.74) is 2.65. The highest BCUT2D eigenvalue weighted by Gasteiger charge is 2.37. The van der Waals surface area contributed by atoms with Crippen molar-refractivity contribution >= 4 is 21.6 Å². The Morgan fingerprint density at radius 1 is 1.09 bits per heavy atom. The number of fused-ring (bicyclic) bond motifs is 1. The van der Waals surface area contributed by atoms with Gasteiger partial charge in [-0.25, -0.2) is 8.42 Å². The highest BCUT2D eigenvalue weighted by molar-refractivity contribution is 7.89. The molecule has 172 valence electrons. The van der Waals surface area contributed by atoms with Gasteiger partial charge in [0, 0.05) is 37.3 Å². The first-order valence-electron chi connectivity index (χ1n) is 11.0. The van der Waals surface area contributed by atoms with E-state index in [0.29, 0.717) is 31.1 Å². The summed E-state index contributed by atoms with van der Waals surface area (Å²) in [5.74, 6) is 0.709. The van der Waals surface area contributed by atoms with E-state index in [1.54, 1.807) is 23.5 Å². The molecule has 0 spiro atoms. The van der Waals surface area contributed by atoms with E-state index in [9.17, 15) is 13.2 Å². The molecule has 2 aliphatic rings. The van der Waals surface area contributed by atoms with Gasteiger partial charge in [-0.15, -0.1) is 0 Å². The zero-order valence-corrected chi connectivity index (χ0v) is 19.7. The van der Waals surface area contributed by atoms with E-state index in [-0.39, 0.29) is 17.9 Å². The number of carbonyl (C=O) groups excluding carboxylic acids is 1. The maximum atomic E-state index is 13.0. The predicted molar refractivity (Wildman–Crippen MR) is 125 cm³/mol. The minimum absolute atomic E-state index is 0.0711. The van der Waals surface area contributed by atoms with Gasteiger partial charge in [-0.1, -0.05) is 26.0 Å². The van der Waals surface area contributed by atoms with Crippen molar-refractivity contribution in [1.29, 1.82) is 0 Å². The molecule has 32 heavy (non-hydrogen) atoms. The van der Waals surface area contributed by atoms with Gasteiger partial charge in [0.05, 0.1) is 18.6 Å². The van der Waals surface area contributed by atoms with Gasteiger partial charge in [0.25, 0.3) is 0 Å². The van der Waals surface area contributed by atoms with Crippen molar-refractivity contribution in [3.63, 3.8) is 0 Å². The highest BCUT2D eigenvalue weighted by atomic mass is 32.2. The van der Waals surface area contributed by atoms with Crippen molar-refractivity contribution in [2.45, 2.75) is 43.5 Å². The van der Waals surface area contributed by atoms with E-state index >= 15 is 0 Å². The van der Waals surface area contributed by atoms with Crippen LogP contribution in [-0.2, 0) is 26.8 Å². The van der Waals surface area contributed by atoms with Gasteiger partial charge < -0.3 is 15.0 Å². The lowest BCUT2D eigenvalue weighted by molar-refractivity contribution is -0.119. The Bertz CT molecular complexity index is 1090. The molecule has 2 aromatic carbocycles. The molecule has 0 bridgehead atoms. The van der Waals surface area contributed by atoms with Crippen molar-refractivity contribution in [2.24, 2.45) is 0 Å². The first-order valence-corrected chi connectivity index (χ1v) is 12.4. The minimum atomic E-state index is -3.47. The molecule has 0 saturated carbocycles. The lowest BCUT2D eigenvalue weighted by Crippen LogP contribution is -2.38. The van der Waals surface area contributed by atoms with E-state index in [2.05, 4.69) is 19.2 Å². The topological polar surface area (TPSA) is 79.0 Å². The number of amides is 1. The fourth-order valence-corrected chi connectivity index (χ4v) is 6.08. The number of methoxy groups -OCH3 is 1. The van der Waals surface area contributed by atoms with E-state index in [1.807, 2.05) is 35.2 Å². The second kappa shape index (κ2) is 8.75. The Balaban J connectivity index is 1.46. The molecule has 1 fully saturated rings.